The molecule has 0 aliphatic heterocycles. The largest absolute Gasteiger partial charge is 0.501 e. The number of ether oxygens (including phenoxy) is 1. The van der Waals surface area contributed by atoms with Crippen molar-refractivity contribution in [2.75, 3.05) is 26.4 Å². The van der Waals surface area contributed by atoms with E-state index in [0.717, 1.165) is 0 Å². The molecule has 114 valence electrons. The second-order valence-corrected chi connectivity index (χ2v) is 7.97. The second-order valence-electron chi connectivity index (χ2n) is 3.87. The summed E-state index contributed by atoms with van der Waals surface area (Å²) in [4.78, 5) is 11.0. The van der Waals surface area contributed by atoms with E-state index in [-0.39, 0.29) is 10.8 Å². The molecular formula is C12H25BrO5Si. The molecule has 7 heteroatoms. The molecule has 1 unspecified atom stereocenters. The first-order valence-electron chi connectivity index (χ1n) is 6.73. The van der Waals surface area contributed by atoms with Gasteiger partial charge >= 0.3 is 14.8 Å². The molecule has 0 aliphatic rings. The zero-order valence-corrected chi connectivity index (χ0v) is 14.8. The highest BCUT2D eigenvalue weighted by molar-refractivity contribution is 9.10. The summed E-state index contributed by atoms with van der Waals surface area (Å²) in [5.41, 5.74) is 0. The van der Waals surface area contributed by atoms with Crippen LogP contribution in [0.15, 0.2) is 0 Å². The van der Waals surface area contributed by atoms with E-state index in [1.165, 1.54) is 0 Å². The predicted octanol–water partition coefficient (Wildman–Crippen LogP) is 2.75. The van der Waals surface area contributed by atoms with Gasteiger partial charge in [-0.2, -0.15) is 0 Å². The van der Waals surface area contributed by atoms with Gasteiger partial charge in [-0.1, -0.05) is 15.9 Å². The zero-order chi connectivity index (χ0) is 14.7. The van der Waals surface area contributed by atoms with Crippen molar-refractivity contribution in [2.24, 2.45) is 0 Å². The fourth-order valence-electron chi connectivity index (χ4n) is 1.58. The first-order chi connectivity index (χ1) is 9.01. The molecule has 0 aromatic heterocycles. The van der Waals surface area contributed by atoms with Crippen LogP contribution in [0.25, 0.3) is 0 Å². The fraction of sp³-hybridized carbons (Fsp3) is 0.917. The molecule has 5 nitrogen and oxygen atoms in total. The van der Waals surface area contributed by atoms with E-state index in [0.29, 0.717) is 38.9 Å². The van der Waals surface area contributed by atoms with Crippen LogP contribution >= 0.6 is 15.9 Å². The molecule has 0 aromatic carbocycles. The molecule has 0 amide bonds. The third kappa shape index (κ3) is 8.04. The Balaban J connectivity index is 4.20. The Hall–Kier alpha value is 0.0469. The molecule has 0 heterocycles. The molecule has 19 heavy (non-hydrogen) atoms. The Morgan fingerprint density at radius 2 is 1.58 bits per heavy atom. The highest BCUT2D eigenvalue weighted by atomic mass is 79.9. The zero-order valence-electron chi connectivity index (χ0n) is 12.2. The molecule has 0 aromatic rings. The Morgan fingerprint density at radius 3 is 1.95 bits per heavy atom. The van der Waals surface area contributed by atoms with E-state index in [4.69, 9.17) is 18.0 Å². The van der Waals surface area contributed by atoms with E-state index < -0.39 is 8.80 Å². The van der Waals surface area contributed by atoms with Crippen LogP contribution in [0.3, 0.4) is 0 Å². The molecule has 0 fully saturated rings. The van der Waals surface area contributed by atoms with Crippen LogP contribution in [-0.2, 0) is 22.8 Å². The van der Waals surface area contributed by atoms with Gasteiger partial charge in [0, 0.05) is 25.9 Å². The van der Waals surface area contributed by atoms with Gasteiger partial charge in [-0.05, 0) is 34.1 Å². The molecule has 0 saturated carbocycles. The van der Waals surface area contributed by atoms with Crippen molar-refractivity contribution in [3.8, 4) is 0 Å². The molecule has 0 saturated heterocycles. The lowest BCUT2D eigenvalue weighted by molar-refractivity contribution is -0.142. The van der Waals surface area contributed by atoms with Crippen LogP contribution in [0, 0.1) is 0 Å². The molecule has 0 rings (SSSR count). The number of rotatable bonds is 11. The summed E-state index contributed by atoms with van der Waals surface area (Å²) in [5, 5.41) is 0. The van der Waals surface area contributed by atoms with Crippen molar-refractivity contribution in [2.45, 2.75) is 45.0 Å². The summed E-state index contributed by atoms with van der Waals surface area (Å²) in [6.07, 6.45) is 0.678. The van der Waals surface area contributed by atoms with Crippen molar-refractivity contribution in [1.29, 1.82) is 0 Å². The Bertz CT molecular complexity index is 233. The van der Waals surface area contributed by atoms with Crippen LogP contribution < -0.4 is 0 Å². The van der Waals surface area contributed by atoms with E-state index in [1.807, 2.05) is 20.8 Å². The van der Waals surface area contributed by atoms with Crippen LogP contribution in [0.5, 0.6) is 0 Å². The molecular weight excluding hydrogens is 332 g/mol. The number of esters is 1. The quantitative estimate of drug-likeness (QED) is 0.246. The smallest absolute Gasteiger partial charge is 0.465 e. The van der Waals surface area contributed by atoms with Crippen LogP contribution in [0.1, 0.15) is 34.1 Å². The minimum Gasteiger partial charge on any atom is -0.465 e. The second kappa shape index (κ2) is 10.8. The van der Waals surface area contributed by atoms with E-state index in [9.17, 15) is 4.79 Å². The standard InChI is InChI=1S/C12H25BrO5Si/c1-5-16-19(17-6-2,18-7-3)10-8-9-15-12(14)11(4)13/h11H,5-10H2,1-4H3. The lowest BCUT2D eigenvalue weighted by atomic mass is 10.5. The summed E-state index contributed by atoms with van der Waals surface area (Å²) in [6.45, 7) is 9.54. The summed E-state index contributed by atoms with van der Waals surface area (Å²) >= 11 is 3.17. The number of halogens is 1. The minimum absolute atomic E-state index is 0.253. The predicted molar refractivity (Wildman–Crippen MR) is 79.4 cm³/mol. The van der Waals surface area contributed by atoms with Crippen molar-refractivity contribution in [3.05, 3.63) is 0 Å². The topological polar surface area (TPSA) is 54.0 Å². The Kier molecular flexibility index (Phi) is 10.8. The van der Waals surface area contributed by atoms with Crippen molar-refractivity contribution in [1.82, 2.24) is 0 Å². The molecule has 0 radical (unpaired) electrons. The van der Waals surface area contributed by atoms with Crippen molar-refractivity contribution >= 4 is 30.7 Å². The van der Waals surface area contributed by atoms with E-state index in [1.54, 1.807) is 6.92 Å². The first kappa shape index (κ1) is 19.0. The molecule has 0 aliphatic carbocycles. The molecule has 0 bridgehead atoms. The molecule has 1 atom stereocenters. The van der Waals surface area contributed by atoms with Gasteiger partial charge in [-0.3, -0.25) is 4.79 Å². The number of carbonyl (C=O) groups is 1. The third-order valence-corrected chi connectivity index (χ3v) is 5.81. The first-order valence-corrected chi connectivity index (χ1v) is 9.58. The summed E-state index contributed by atoms with van der Waals surface area (Å²) in [7, 11) is -2.60. The molecule has 0 spiro atoms. The van der Waals surface area contributed by atoms with E-state index >= 15 is 0 Å². The van der Waals surface area contributed by atoms with Crippen molar-refractivity contribution in [3.63, 3.8) is 0 Å². The highest BCUT2D eigenvalue weighted by Crippen LogP contribution is 2.18. The van der Waals surface area contributed by atoms with Gasteiger partial charge in [0.15, 0.2) is 0 Å². The Morgan fingerprint density at radius 1 is 1.11 bits per heavy atom. The number of hydrogen-bond donors (Lipinski definition) is 0. The van der Waals surface area contributed by atoms with Gasteiger partial charge in [0.25, 0.3) is 0 Å². The summed E-state index contributed by atoms with van der Waals surface area (Å²) in [6, 6.07) is 0.659. The fourth-order valence-corrected chi connectivity index (χ4v) is 4.29. The maximum atomic E-state index is 11.3. The number of alkyl halides is 1. The van der Waals surface area contributed by atoms with Gasteiger partial charge in [-0.15, -0.1) is 0 Å². The number of hydrogen-bond acceptors (Lipinski definition) is 5. The van der Waals surface area contributed by atoms with Gasteiger partial charge in [-0.25, -0.2) is 0 Å². The van der Waals surface area contributed by atoms with Gasteiger partial charge in [0.2, 0.25) is 0 Å². The highest BCUT2D eigenvalue weighted by Gasteiger charge is 2.39. The SMILES string of the molecule is CCO[Si](CCCOC(=O)C(C)Br)(OCC)OCC. The Labute approximate surface area is 125 Å². The average molecular weight is 357 g/mol. The minimum atomic E-state index is -2.60. The summed E-state index contributed by atoms with van der Waals surface area (Å²) < 4.78 is 22.2. The van der Waals surface area contributed by atoms with Crippen LogP contribution in [0.4, 0.5) is 0 Å². The maximum Gasteiger partial charge on any atom is 0.501 e. The van der Waals surface area contributed by atoms with Gasteiger partial charge < -0.3 is 18.0 Å². The number of carbonyl (C=O) groups excluding carboxylic acids is 1. The monoisotopic (exact) mass is 356 g/mol. The summed E-state index contributed by atoms with van der Waals surface area (Å²) in [5.74, 6) is -0.253. The maximum absolute atomic E-state index is 11.3. The average Bonchev–Trinajstić information content (AvgIpc) is 2.35. The lowest BCUT2D eigenvalue weighted by Crippen LogP contribution is -2.46. The molecule has 0 N–H and O–H groups in total. The normalized spacial score (nSPS) is 13.3. The van der Waals surface area contributed by atoms with Crippen LogP contribution in [-0.4, -0.2) is 46.0 Å². The van der Waals surface area contributed by atoms with Crippen LogP contribution in [0.2, 0.25) is 6.04 Å². The lowest BCUT2D eigenvalue weighted by Gasteiger charge is -2.28. The van der Waals surface area contributed by atoms with Gasteiger partial charge in [0.05, 0.1) is 6.61 Å². The van der Waals surface area contributed by atoms with Crippen molar-refractivity contribution < 1.29 is 22.8 Å². The van der Waals surface area contributed by atoms with E-state index in [2.05, 4.69) is 15.9 Å². The van der Waals surface area contributed by atoms with Gasteiger partial charge in [0.1, 0.15) is 4.83 Å². The third-order valence-electron chi connectivity index (χ3n) is 2.29.